The molecule has 0 saturated heterocycles. The maximum absolute atomic E-state index is 10.9. The summed E-state index contributed by atoms with van der Waals surface area (Å²) in [6.45, 7) is 5.65. The highest BCUT2D eigenvalue weighted by atomic mass is 16.4. The first-order valence-corrected chi connectivity index (χ1v) is 5.15. The molecule has 0 aliphatic heterocycles. The molecule has 15 heavy (non-hydrogen) atoms. The summed E-state index contributed by atoms with van der Waals surface area (Å²) in [5.74, 6) is -1.34. The molecule has 0 bridgehead atoms. The maximum atomic E-state index is 10.9. The van der Waals surface area contributed by atoms with E-state index in [1.807, 2.05) is 0 Å². The van der Waals surface area contributed by atoms with Gasteiger partial charge in [-0.05, 0) is 30.4 Å². The minimum atomic E-state index is -0.997. The van der Waals surface area contributed by atoms with E-state index in [4.69, 9.17) is 7.85 Å². The molecule has 0 heterocycles. The molecule has 1 rings (SSSR count). The van der Waals surface area contributed by atoms with E-state index in [1.54, 1.807) is 12.1 Å². The van der Waals surface area contributed by atoms with Crippen LogP contribution in [0.3, 0.4) is 0 Å². The van der Waals surface area contributed by atoms with Gasteiger partial charge in [0.15, 0.2) is 0 Å². The van der Waals surface area contributed by atoms with Gasteiger partial charge in [-0.15, -0.1) is 0 Å². The van der Waals surface area contributed by atoms with Crippen LogP contribution in [0.15, 0.2) is 24.2 Å². The lowest BCUT2D eigenvalue weighted by molar-refractivity contribution is -0.138. The van der Waals surface area contributed by atoms with E-state index in [1.165, 1.54) is 6.92 Å². The quantitative estimate of drug-likeness (QED) is 0.825. The molecule has 2 heteroatoms. The summed E-state index contributed by atoms with van der Waals surface area (Å²) in [4.78, 5) is 10.9. The van der Waals surface area contributed by atoms with Gasteiger partial charge >= 0.3 is 5.97 Å². The molecule has 0 saturated carbocycles. The summed E-state index contributed by atoms with van der Waals surface area (Å²) in [7, 11) is 0. The highest BCUT2D eigenvalue weighted by molar-refractivity contribution is 5.75. The van der Waals surface area contributed by atoms with Crippen molar-refractivity contribution in [2.24, 2.45) is 5.92 Å². The number of benzene rings is 1. The monoisotopic (exact) mass is 208 g/mol. The SMILES string of the molecule is [2H]c1cc(CC(C)C)cc([2H])c1C(C)C(=O)O. The van der Waals surface area contributed by atoms with Gasteiger partial charge in [0.1, 0.15) is 0 Å². The van der Waals surface area contributed by atoms with Crippen LogP contribution in [-0.2, 0) is 11.2 Å². The minimum absolute atomic E-state index is 0.156. The average Bonchev–Trinajstić information content (AvgIpc) is 2.14. The van der Waals surface area contributed by atoms with Crippen molar-refractivity contribution >= 4 is 5.97 Å². The van der Waals surface area contributed by atoms with Crippen molar-refractivity contribution in [3.63, 3.8) is 0 Å². The Labute approximate surface area is 93.8 Å². The van der Waals surface area contributed by atoms with Crippen LogP contribution in [0.25, 0.3) is 0 Å². The lowest BCUT2D eigenvalue weighted by Gasteiger charge is -2.09. The Kier molecular flexibility index (Phi) is 2.96. The molecule has 0 spiro atoms. The van der Waals surface area contributed by atoms with Crippen LogP contribution in [-0.4, -0.2) is 11.1 Å². The zero-order chi connectivity index (χ0) is 13.2. The second kappa shape index (κ2) is 4.96. The van der Waals surface area contributed by atoms with Crippen LogP contribution in [0.2, 0.25) is 0 Å². The van der Waals surface area contributed by atoms with Gasteiger partial charge < -0.3 is 5.11 Å². The van der Waals surface area contributed by atoms with E-state index in [0.717, 1.165) is 12.0 Å². The Morgan fingerprint density at radius 2 is 1.93 bits per heavy atom. The van der Waals surface area contributed by atoms with Gasteiger partial charge in [0.25, 0.3) is 0 Å². The van der Waals surface area contributed by atoms with Crippen molar-refractivity contribution < 1.29 is 12.6 Å². The number of rotatable bonds is 4. The van der Waals surface area contributed by atoms with Crippen molar-refractivity contribution in [1.29, 1.82) is 0 Å². The first-order chi connectivity index (χ1) is 7.82. The van der Waals surface area contributed by atoms with E-state index >= 15 is 0 Å². The predicted octanol–water partition coefficient (Wildman–Crippen LogP) is 3.07. The minimum Gasteiger partial charge on any atom is -0.481 e. The van der Waals surface area contributed by atoms with Crippen molar-refractivity contribution in [1.82, 2.24) is 0 Å². The van der Waals surface area contributed by atoms with Crippen molar-refractivity contribution in [2.75, 3.05) is 0 Å². The first kappa shape index (κ1) is 8.96. The highest BCUT2D eigenvalue weighted by Crippen LogP contribution is 2.17. The third-order valence-electron chi connectivity index (χ3n) is 2.27. The van der Waals surface area contributed by atoms with Gasteiger partial charge in [-0.25, -0.2) is 0 Å². The molecule has 1 aromatic rings. The van der Waals surface area contributed by atoms with E-state index in [0.29, 0.717) is 11.5 Å². The summed E-state index contributed by atoms with van der Waals surface area (Å²) in [6.07, 6.45) is 0.805. The number of hydrogen-bond donors (Lipinski definition) is 1. The van der Waals surface area contributed by atoms with Gasteiger partial charge in [0.05, 0.1) is 8.66 Å². The van der Waals surface area contributed by atoms with Crippen LogP contribution in [0.4, 0.5) is 0 Å². The molecule has 0 aliphatic rings. The highest BCUT2D eigenvalue weighted by Gasteiger charge is 2.12. The molecule has 0 radical (unpaired) electrons. The smallest absolute Gasteiger partial charge is 0.310 e. The molecule has 1 unspecified atom stereocenters. The van der Waals surface area contributed by atoms with Gasteiger partial charge in [-0.1, -0.05) is 38.1 Å². The van der Waals surface area contributed by atoms with Crippen LogP contribution in [0.5, 0.6) is 0 Å². The second-order valence-electron chi connectivity index (χ2n) is 4.22. The van der Waals surface area contributed by atoms with Gasteiger partial charge in [-0.3, -0.25) is 4.79 Å². The number of carboxylic acids is 1. The van der Waals surface area contributed by atoms with Crippen molar-refractivity contribution in [2.45, 2.75) is 33.1 Å². The van der Waals surface area contributed by atoms with E-state index in [-0.39, 0.29) is 12.1 Å². The first-order valence-electron chi connectivity index (χ1n) is 6.15. The standard InChI is InChI=1S/C13H18O2/c1-9(2)8-11-4-6-12(7-5-11)10(3)13(14)15/h4-7,9-10H,8H2,1-3H3,(H,14,15)/i6D,7D. The molecule has 82 valence electrons. The topological polar surface area (TPSA) is 37.3 Å². The fourth-order valence-electron chi connectivity index (χ4n) is 1.39. The molecular weight excluding hydrogens is 188 g/mol. The summed E-state index contributed by atoms with van der Waals surface area (Å²) < 4.78 is 15.7. The third kappa shape index (κ3) is 3.39. The third-order valence-corrected chi connectivity index (χ3v) is 2.27. The molecule has 1 N–H and O–H groups in total. The Bertz CT molecular complexity index is 404. The lowest BCUT2D eigenvalue weighted by Crippen LogP contribution is -2.07. The summed E-state index contributed by atoms with van der Waals surface area (Å²) in [6, 6.07) is 3.66. The fraction of sp³-hybridized carbons (Fsp3) is 0.462. The van der Waals surface area contributed by atoms with Gasteiger partial charge in [0, 0.05) is 0 Å². The Hall–Kier alpha value is -1.31. The number of aliphatic carboxylic acids is 1. The molecule has 2 nitrogen and oxygen atoms in total. The van der Waals surface area contributed by atoms with E-state index in [2.05, 4.69) is 13.8 Å². The number of carboxylic acid groups (broad SMARTS) is 1. The lowest BCUT2D eigenvalue weighted by atomic mass is 9.97. The average molecular weight is 208 g/mol. The molecule has 0 amide bonds. The summed E-state index contributed by atoms with van der Waals surface area (Å²) >= 11 is 0. The molecule has 0 aliphatic carbocycles. The molecule has 1 aromatic carbocycles. The Balaban J connectivity index is 3.14. The van der Waals surface area contributed by atoms with Crippen molar-refractivity contribution in [3.8, 4) is 0 Å². The normalized spacial score (nSPS) is 14.7. The summed E-state index contributed by atoms with van der Waals surface area (Å²) in [5, 5.41) is 8.93. The number of hydrogen-bond acceptors (Lipinski definition) is 1. The van der Waals surface area contributed by atoms with Crippen LogP contribution in [0, 0.1) is 5.92 Å². The number of carbonyl (C=O) groups is 1. The largest absolute Gasteiger partial charge is 0.481 e. The van der Waals surface area contributed by atoms with Crippen LogP contribution in [0.1, 0.15) is 40.6 Å². The Morgan fingerprint density at radius 1 is 1.40 bits per heavy atom. The molecule has 1 atom stereocenters. The Morgan fingerprint density at radius 3 is 2.33 bits per heavy atom. The molecular formula is C13H18O2. The van der Waals surface area contributed by atoms with Gasteiger partial charge in [-0.2, -0.15) is 0 Å². The maximum Gasteiger partial charge on any atom is 0.310 e. The van der Waals surface area contributed by atoms with Crippen molar-refractivity contribution in [3.05, 3.63) is 35.3 Å². The predicted molar refractivity (Wildman–Crippen MR) is 61.0 cm³/mol. The molecule has 0 fully saturated rings. The second-order valence-corrected chi connectivity index (χ2v) is 4.22. The van der Waals surface area contributed by atoms with E-state index < -0.39 is 11.9 Å². The zero-order valence-corrected chi connectivity index (χ0v) is 9.37. The van der Waals surface area contributed by atoms with E-state index in [9.17, 15) is 4.79 Å². The summed E-state index contributed by atoms with van der Waals surface area (Å²) in [5.41, 5.74) is 1.22. The molecule has 0 aromatic heterocycles. The van der Waals surface area contributed by atoms with Gasteiger partial charge in [0.2, 0.25) is 0 Å². The zero-order valence-electron chi connectivity index (χ0n) is 11.4. The van der Waals surface area contributed by atoms with Crippen LogP contribution >= 0.6 is 0 Å². The fourth-order valence-corrected chi connectivity index (χ4v) is 1.39. The van der Waals surface area contributed by atoms with Crippen LogP contribution < -0.4 is 0 Å².